The maximum Gasteiger partial charge on any atom is 0.251 e. The Bertz CT molecular complexity index is 1130. The van der Waals surface area contributed by atoms with Gasteiger partial charge in [-0.2, -0.15) is 0 Å². The van der Waals surface area contributed by atoms with Gasteiger partial charge >= 0.3 is 0 Å². The number of rotatable bonds is 11. The van der Waals surface area contributed by atoms with Gasteiger partial charge in [0.1, 0.15) is 12.4 Å². The lowest BCUT2D eigenvalue weighted by atomic mass is 10.1. The fourth-order valence-electron chi connectivity index (χ4n) is 3.40. The van der Waals surface area contributed by atoms with Crippen molar-refractivity contribution in [1.29, 1.82) is 0 Å². The topological polar surface area (TPSA) is 75.7 Å². The minimum atomic E-state index is -3.45. The van der Waals surface area contributed by atoms with E-state index in [1.54, 1.807) is 48.5 Å². The van der Waals surface area contributed by atoms with Gasteiger partial charge in [-0.25, -0.2) is 8.42 Å². The number of hydrogen-bond acceptors (Lipinski definition) is 4. The number of nitrogens with zero attached hydrogens (tertiary/aromatic N) is 1. The summed E-state index contributed by atoms with van der Waals surface area (Å²) in [4.78, 5) is 12.4. The number of hydrogen-bond donors (Lipinski definition) is 1. The first-order valence-electron chi connectivity index (χ1n) is 11.0. The van der Waals surface area contributed by atoms with E-state index in [9.17, 15) is 13.2 Å². The maximum atomic E-state index is 12.4. The zero-order valence-electron chi connectivity index (χ0n) is 19.0. The minimum absolute atomic E-state index is 0.190. The summed E-state index contributed by atoms with van der Waals surface area (Å²) < 4.78 is 31.5. The van der Waals surface area contributed by atoms with Crippen LogP contribution < -0.4 is 14.4 Å². The SMILES string of the molecule is CCCc1ccc(OCCNC(=O)c2ccc(CN(c3ccccc3)S(C)(=O)=O)cc2)cc1. The fourth-order valence-corrected chi connectivity index (χ4v) is 4.29. The molecule has 174 valence electrons. The number of nitrogens with one attached hydrogen (secondary N) is 1. The lowest BCUT2D eigenvalue weighted by Crippen LogP contribution is -2.29. The third-order valence-corrected chi connectivity index (χ3v) is 6.25. The second-order valence-electron chi connectivity index (χ2n) is 7.80. The van der Waals surface area contributed by atoms with Gasteiger partial charge in [-0.1, -0.05) is 55.8 Å². The fraction of sp³-hybridized carbons (Fsp3) is 0.269. The van der Waals surface area contributed by atoms with E-state index in [1.165, 1.54) is 16.1 Å². The van der Waals surface area contributed by atoms with E-state index in [2.05, 4.69) is 24.4 Å². The Morgan fingerprint density at radius 2 is 1.55 bits per heavy atom. The molecule has 0 aromatic heterocycles. The lowest BCUT2D eigenvalue weighted by molar-refractivity contribution is 0.0947. The average Bonchev–Trinajstić information content (AvgIpc) is 2.81. The monoisotopic (exact) mass is 466 g/mol. The molecule has 3 aromatic rings. The van der Waals surface area contributed by atoms with Crippen LogP contribution in [0.25, 0.3) is 0 Å². The molecule has 0 saturated carbocycles. The van der Waals surface area contributed by atoms with Gasteiger partial charge in [-0.3, -0.25) is 9.10 Å². The number of ether oxygens (including phenoxy) is 1. The van der Waals surface area contributed by atoms with Crippen LogP contribution in [0.3, 0.4) is 0 Å². The summed E-state index contributed by atoms with van der Waals surface area (Å²) in [6.45, 7) is 3.09. The molecule has 6 nitrogen and oxygen atoms in total. The average molecular weight is 467 g/mol. The number of benzene rings is 3. The molecule has 0 unspecified atom stereocenters. The number of para-hydroxylation sites is 1. The van der Waals surface area contributed by atoms with Crippen LogP contribution in [0.5, 0.6) is 5.75 Å². The smallest absolute Gasteiger partial charge is 0.251 e. The molecule has 33 heavy (non-hydrogen) atoms. The third-order valence-electron chi connectivity index (χ3n) is 5.11. The molecule has 0 fully saturated rings. The van der Waals surface area contributed by atoms with Crippen LogP contribution in [0, 0.1) is 0 Å². The van der Waals surface area contributed by atoms with Crippen molar-refractivity contribution in [2.75, 3.05) is 23.7 Å². The molecule has 0 saturated heterocycles. The summed E-state index contributed by atoms with van der Waals surface area (Å²) in [7, 11) is -3.45. The van der Waals surface area contributed by atoms with Gasteiger partial charge in [0.2, 0.25) is 10.0 Å². The first kappa shape index (κ1) is 24.3. The van der Waals surface area contributed by atoms with E-state index in [0.717, 1.165) is 24.2 Å². The van der Waals surface area contributed by atoms with Crippen LogP contribution in [0.2, 0.25) is 0 Å². The number of amides is 1. The van der Waals surface area contributed by atoms with E-state index in [-0.39, 0.29) is 12.5 Å². The summed E-state index contributed by atoms with van der Waals surface area (Å²) >= 11 is 0. The molecule has 0 aliphatic rings. The number of sulfonamides is 1. The molecule has 1 amide bonds. The second-order valence-corrected chi connectivity index (χ2v) is 9.71. The Balaban J connectivity index is 1.51. The number of anilines is 1. The van der Waals surface area contributed by atoms with Gasteiger partial charge in [0.15, 0.2) is 0 Å². The van der Waals surface area contributed by atoms with Gasteiger partial charge < -0.3 is 10.1 Å². The Kier molecular flexibility index (Phi) is 8.49. The summed E-state index contributed by atoms with van der Waals surface area (Å²) in [6, 6.07) is 23.9. The second kappa shape index (κ2) is 11.5. The Hall–Kier alpha value is -3.32. The van der Waals surface area contributed by atoms with Gasteiger partial charge in [0.25, 0.3) is 5.91 Å². The molecular weight excluding hydrogens is 436 g/mol. The third kappa shape index (κ3) is 7.36. The first-order valence-corrected chi connectivity index (χ1v) is 12.8. The highest BCUT2D eigenvalue weighted by Gasteiger charge is 2.17. The zero-order valence-corrected chi connectivity index (χ0v) is 19.8. The van der Waals surface area contributed by atoms with E-state index < -0.39 is 10.0 Å². The minimum Gasteiger partial charge on any atom is -0.492 e. The molecule has 0 bridgehead atoms. The summed E-state index contributed by atoms with van der Waals surface area (Å²) in [5.41, 5.74) is 3.18. The van der Waals surface area contributed by atoms with Gasteiger partial charge in [-0.15, -0.1) is 0 Å². The highest BCUT2D eigenvalue weighted by Crippen LogP contribution is 2.20. The molecule has 7 heteroatoms. The Labute approximate surface area is 196 Å². The van der Waals surface area contributed by atoms with E-state index >= 15 is 0 Å². The molecule has 0 aliphatic heterocycles. The highest BCUT2D eigenvalue weighted by atomic mass is 32.2. The van der Waals surface area contributed by atoms with E-state index in [1.807, 2.05) is 18.2 Å². The van der Waals surface area contributed by atoms with Gasteiger partial charge in [-0.05, 0) is 53.9 Å². The summed E-state index contributed by atoms with van der Waals surface area (Å²) in [5.74, 6) is 0.578. The first-order chi connectivity index (χ1) is 15.9. The Morgan fingerprint density at radius 1 is 0.909 bits per heavy atom. The number of carbonyl (C=O) groups excluding carboxylic acids is 1. The summed E-state index contributed by atoms with van der Waals surface area (Å²) in [6.07, 6.45) is 3.34. The molecule has 0 radical (unpaired) electrons. The van der Waals surface area contributed by atoms with Crippen LogP contribution in [-0.2, 0) is 23.0 Å². The Morgan fingerprint density at radius 3 is 2.15 bits per heavy atom. The van der Waals surface area contributed by atoms with Crippen molar-refractivity contribution >= 4 is 21.6 Å². The van der Waals surface area contributed by atoms with Crippen molar-refractivity contribution in [3.63, 3.8) is 0 Å². The van der Waals surface area contributed by atoms with Crippen molar-refractivity contribution < 1.29 is 17.9 Å². The van der Waals surface area contributed by atoms with Crippen molar-refractivity contribution in [3.8, 4) is 5.75 Å². The predicted molar refractivity (Wildman–Crippen MR) is 132 cm³/mol. The van der Waals surface area contributed by atoms with Crippen LogP contribution in [-0.4, -0.2) is 33.7 Å². The van der Waals surface area contributed by atoms with Crippen LogP contribution in [0.1, 0.15) is 34.8 Å². The number of aryl methyl sites for hydroxylation is 1. The van der Waals surface area contributed by atoms with Crippen LogP contribution in [0.4, 0.5) is 5.69 Å². The molecule has 1 N–H and O–H groups in total. The molecule has 3 rings (SSSR count). The van der Waals surface area contributed by atoms with E-state index in [4.69, 9.17) is 4.74 Å². The molecule has 0 heterocycles. The quantitative estimate of drug-likeness (QED) is 0.425. The maximum absolute atomic E-state index is 12.4. The van der Waals surface area contributed by atoms with Crippen molar-refractivity contribution in [3.05, 3.63) is 95.6 Å². The molecule has 0 atom stereocenters. The lowest BCUT2D eigenvalue weighted by Gasteiger charge is -2.22. The van der Waals surface area contributed by atoms with Crippen molar-refractivity contribution in [2.45, 2.75) is 26.3 Å². The van der Waals surface area contributed by atoms with Crippen LogP contribution in [0.15, 0.2) is 78.9 Å². The van der Waals surface area contributed by atoms with E-state index in [0.29, 0.717) is 24.4 Å². The van der Waals surface area contributed by atoms with Gasteiger partial charge in [0.05, 0.1) is 25.0 Å². The predicted octanol–water partition coefficient (Wildman–Crippen LogP) is 4.41. The van der Waals surface area contributed by atoms with Crippen LogP contribution >= 0.6 is 0 Å². The largest absolute Gasteiger partial charge is 0.492 e. The molecule has 0 spiro atoms. The molecule has 0 aliphatic carbocycles. The normalized spacial score (nSPS) is 11.1. The standard InChI is InChI=1S/C26H30N2O4S/c1-3-7-21-12-16-25(17-13-21)32-19-18-27-26(29)23-14-10-22(11-15-23)20-28(33(2,30)31)24-8-5-4-6-9-24/h4-6,8-17H,3,7,18-20H2,1-2H3,(H,27,29). The van der Waals surface area contributed by atoms with Gasteiger partial charge in [0, 0.05) is 5.56 Å². The zero-order chi connectivity index (χ0) is 23.7. The highest BCUT2D eigenvalue weighted by molar-refractivity contribution is 7.92. The van der Waals surface area contributed by atoms with Crippen molar-refractivity contribution in [2.24, 2.45) is 0 Å². The molecular formula is C26H30N2O4S. The number of carbonyl (C=O) groups is 1. The summed E-state index contributed by atoms with van der Waals surface area (Å²) in [5, 5.41) is 2.84. The van der Waals surface area contributed by atoms with Crippen molar-refractivity contribution in [1.82, 2.24) is 5.32 Å². The molecule has 3 aromatic carbocycles.